The van der Waals surface area contributed by atoms with Crippen LogP contribution in [-0.4, -0.2) is 12.0 Å². The van der Waals surface area contributed by atoms with Crippen LogP contribution < -0.4 is 10.1 Å². The van der Waals surface area contributed by atoms with Gasteiger partial charge in [-0.05, 0) is 38.0 Å². The van der Waals surface area contributed by atoms with Crippen LogP contribution in [0.1, 0.15) is 24.5 Å². The fourth-order valence-electron chi connectivity index (χ4n) is 1.80. The SMILES string of the molecule is Cc1c(Br)cc2c(c1C)OC(C)CC(=O)N2. The van der Waals surface area contributed by atoms with Crippen LogP contribution in [0.15, 0.2) is 10.5 Å². The summed E-state index contributed by atoms with van der Waals surface area (Å²) in [5.74, 6) is 0.792. The number of ether oxygens (including phenoxy) is 1. The zero-order chi connectivity index (χ0) is 11.9. The highest BCUT2D eigenvalue weighted by molar-refractivity contribution is 9.10. The molecule has 1 atom stereocenters. The molecule has 0 saturated carbocycles. The van der Waals surface area contributed by atoms with Crippen molar-refractivity contribution in [3.05, 3.63) is 21.7 Å². The van der Waals surface area contributed by atoms with E-state index in [1.165, 1.54) is 0 Å². The molecule has 86 valence electrons. The Morgan fingerprint density at radius 3 is 2.81 bits per heavy atom. The molecule has 0 spiro atoms. The summed E-state index contributed by atoms with van der Waals surface area (Å²) in [5, 5.41) is 2.87. The molecular formula is C12H14BrNO2. The number of amides is 1. The number of hydrogen-bond donors (Lipinski definition) is 1. The van der Waals surface area contributed by atoms with Gasteiger partial charge in [0.15, 0.2) is 0 Å². The molecule has 2 rings (SSSR count). The Kier molecular flexibility index (Phi) is 2.93. The molecule has 0 bridgehead atoms. The molecule has 0 radical (unpaired) electrons. The maximum absolute atomic E-state index is 11.6. The molecule has 1 aliphatic rings. The summed E-state index contributed by atoms with van der Waals surface area (Å²) in [4.78, 5) is 11.6. The first kappa shape index (κ1) is 11.5. The van der Waals surface area contributed by atoms with E-state index in [0.717, 1.165) is 27.0 Å². The van der Waals surface area contributed by atoms with Crippen LogP contribution in [0.2, 0.25) is 0 Å². The average molecular weight is 284 g/mol. The minimum atomic E-state index is -0.0828. The third-order valence-corrected chi connectivity index (χ3v) is 3.67. The van der Waals surface area contributed by atoms with Crippen LogP contribution in [0, 0.1) is 13.8 Å². The second-order valence-corrected chi connectivity index (χ2v) is 5.02. The van der Waals surface area contributed by atoms with Crippen molar-refractivity contribution in [2.24, 2.45) is 0 Å². The number of benzene rings is 1. The van der Waals surface area contributed by atoms with Crippen LogP contribution >= 0.6 is 15.9 Å². The lowest BCUT2D eigenvalue weighted by molar-refractivity contribution is -0.117. The van der Waals surface area contributed by atoms with Crippen LogP contribution in [0.25, 0.3) is 0 Å². The number of carbonyl (C=O) groups is 1. The van der Waals surface area contributed by atoms with E-state index in [9.17, 15) is 4.79 Å². The van der Waals surface area contributed by atoms with E-state index in [1.54, 1.807) is 0 Å². The van der Waals surface area contributed by atoms with Crippen LogP contribution in [0.3, 0.4) is 0 Å². The van der Waals surface area contributed by atoms with Crippen molar-refractivity contribution in [3.63, 3.8) is 0 Å². The van der Waals surface area contributed by atoms with Crippen molar-refractivity contribution in [3.8, 4) is 5.75 Å². The van der Waals surface area contributed by atoms with Gasteiger partial charge < -0.3 is 10.1 Å². The average Bonchev–Trinajstić information content (AvgIpc) is 2.33. The Balaban J connectivity index is 2.57. The Morgan fingerprint density at radius 2 is 2.12 bits per heavy atom. The molecule has 1 aromatic carbocycles. The molecule has 1 aromatic rings. The number of carbonyl (C=O) groups excluding carboxylic acids is 1. The van der Waals surface area contributed by atoms with Crippen molar-refractivity contribution >= 4 is 27.5 Å². The number of hydrogen-bond acceptors (Lipinski definition) is 2. The highest BCUT2D eigenvalue weighted by Gasteiger charge is 2.22. The van der Waals surface area contributed by atoms with E-state index < -0.39 is 0 Å². The lowest BCUT2D eigenvalue weighted by atomic mass is 10.1. The summed E-state index contributed by atoms with van der Waals surface area (Å²) >= 11 is 3.48. The quantitative estimate of drug-likeness (QED) is 0.794. The van der Waals surface area contributed by atoms with Crippen LogP contribution in [0.5, 0.6) is 5.75 Å². The highest BCUT2D eigenvalue weighted by Crippen LogP contribution is 2.38. The normalized spacial score (nSPS) is 19.5. The van der Waals surface area contributed by atoms with Gasteiger partial charge in [0.1, 0.15) is 11.9 Å². The smallest absolute Gasteiger partial charge is 0.228 e. The standard InChI is InChI=1S/C12H14BrNO2/c1-6-4-11(15)14-10-5-9(13)7(2)8(3)12(10)16-6/h5-6H,4H2,1-3H3,(H,14,15). The molecule has 0 saturated heterocycles. The predicted octanol–water partition coefficient (Wildman–Crippen LogP) is 3.18. The molecule has 1 N–H and O–H groups in total. The van der Waals surface area contributed by atoms with E-state index in [2.05, 4.69) is 21.2 Å². The van der Waals surface area contributed by atoms with Gasteiger partial charge in [-0.3, -0.25) is 4.79 Å². The predicted molar refractivity (Wildman–Crippen MR) is 67.0 cm³/mol. The van der Waals surface area contributed by atoms with Gasteiger partial charge in [0, 0.05) is 4.47 Å². The summed E-state index contributed by atoms with van der Waals surface area (Å²) in [6.45, 7) is 5.94. The van der Waals surface area contributed by atoms with Gasteiger partial charge in [0.05, 0.1) is 12.1 Å². The second kappa shape index (κ2) is 4.09. The summed E-state index contributed by atoms with van der Waals surface area (Å²) in [5.41, 5.74) is 2.96. The van der Waals surface area contributed by atoms with Crippen molar-refractivity contribution in [1.82, 2.24) is 0 Å². The summed E-state index contributed by atoms with van der Waals surface area (Å²) in [6.07, 6.45) is 0.311. The Morgan fingerprint density at radius 1 is 1.44 bits per heavy atom. The van der Waals surface area contributed by atoms with Gasteiger partial charge >= 0.3 is 0 Å². The molecule has 1 heterocycles. The molecule has 4 heteroatoms. The van der Waals surface area contributed by atoms with Crippen molar-refractivity contribution in [1.29, 1.82) is 0 Å². The number of nitrogens with one attached hydrogen (secondary N) is 1. The number of fused-ring (bicyclic) bond motifs is 1. The Labute approximate surface area is 103 Å². The minimum absolute atomic E-state index is 0.00130. The lowest BCUT2D eigenvalue weighted by Gasteiger charge is -2.16. The first-order valence-electron chi connectivity index (χ1n) is 5.25. The minimum Gasteiger partial charge on any atom is -0.488 e. The lowest BCUT2D eigenvalue weighted by Crippen LogP contribution is -2.17. The largest absolute Gasteiger partial charge is 0.488 e. The first-order valence-corrected chi connectivity index (χ1v) is 6.04. The van der Waals surface area contributed by atoms with Crippen LogP contribution in [0.4, 0.5) is 5.69 Å². The molecule has 1 amide bonds. The molecular weight excluding hydrogens is 270 g/mol. The molecule has 0 aromatic heterocycles. The van der Waals surface area contributed by atoms with E-state index in [-0.39, 0.29) is 12.0 Å². The van der Waals surface area contributed by atoms with Gasteiger partial charge in [0.2, 0.25) is 5.91 Å². The van der Waals surface area contributed by atoms with Gasteiger partial charge in [0.25, 0.3) is 0 Å². The topological polar surface area (TPSA) is 38.3 Å². The summed E-state index contributed by atoms with van der Waals surface area (Å²) in [7, 11) is 0. The molecule has 0 fully saturated rings. The monoisotopic (exact) mass is 283 g/mol. The Bertz CT molecular complexity index is 457. The summed E-state index contributed by atoms with van der Waals surface area (Å²) in [6, 6.07) is 1.90. The molecule has 1 aliphatic heterocycles. The van der Waals surface area contributed by atoms with Crippen molar-refractivity contribution < 1.29 is 9.53 Å². The van der Waals surface area contributed by atoms with E-state index in [4.69, 9.17) is 4.74 Å². The number of halogens is 1. The van der Waals surface area contributed by atoms with Crippen molar-refractivity contribution in [2.45, 2.75) is 33.3 Å². The van der Waals surface area contributed by atoms with Crippen LogP contribution in [-0.2, 0) is 4.79 Å². The number of anilines is 1. The fourth-order valence-corrected chi connectivity index (χ4v) is 2.33. The van der Waals surface area contributed by atoms with Gasteiger partial charge in [-0.2, -0.15) is 0 Å². The number of rotatable bonds is 0. The third-order valence-electron chi connectivity index (χ3n) is 2.84. The summed E-state index contributed by atoms with van der Waals surface area (Å²) < 4.78 is 6.78. The maximum atomic E-state index is 11.6. The molecule has 1 unspecified atom stereocenters. The van der Waals surface area contributed by atoms with E-state index in [0.29, 0.717) is 6.42 Å². The first-order chi connectivity index (χ1) is 7.49. The van der Waals surface area contributed by atoms with Gasteiger partial charge in [-0.25, -0.2) is 0 Å². The second-order valence-electron chi connectivity index (χ2n) is 4.17. The fraction of sp³-hybridized carbons (Fsp3) is 0.417. The molecule has 3 nitrogen and oxygen atoms in total. The third kappa shape index (κ3) is 1.94. The van der Waals surface area contributed by atoms with Gasteiger partial charge in [-0.15, -0.1) is 0 Å². The zero-order valence-corrected chi connectivity index (χ0v) is 11.1. The van der Waals surface area contributed by atoms with Gasteiger partial charge in [-0.1, -0.05) is 15.9 Å². The van der Waals surface area contributed by atoms with E-state index in [1.807, 2.05) is 26.8 Å². The van der Waals surface area contributed by atoms with E-state index >= 15 is 0 Å². The maximum Gasteiger partial charge on any atom is 0.228 e. The Hall–Kier alpha value is -1.03. The molecule has 0 aliphatic carbocycles. The zero-order valence-electron chi connectivity index (χ0n) is 9.56. The molecule has 16 heavy (non-hydrogen) atoms. The highest BCUT2D eigenvalue weighted by atomic mass is 79.9. The van der Waals surface area contributed by atoms with Crippen molar-refractivity contribution in [2.75, 3.05) is 5.32 Å².